The van der Waals surface area contributed by atoms with Crippen molar-refractivity contribution in [3.05, 3.63) is 81.9 Å². The van der Waals surface area contributed by atoms with Crippen LogP contribution >= 0.6 is 11.8 Å². The molecule has 1 aliphatic carbocycles. The van der Waals surface area contributed by atoms with Crippen molar-refractivity contribution in [2.75, 3.05) is 0 Å². The smallest absolute Gasteiger partial charge is 0.292 e. The molecule has 5 nitrogen and oxygen atoms in total. The number of aromatic nitrogens is 4. The van der Waals surface area contributed by atoms with E-state index in [4.69, 9.17) is 0 Å². The lowest BCUT2D eigenvalue weighted by atomic mass is 9.97. The van der Waals surface area contributed by atoms with Gasteiger partial charge in [-0.1, -0.05) is 0 Å². The third-order valence-electron chi connectivity index (χ3n) is 4.67. The first-order valence-corrected chi connectivity index (χ1v) is 9.83. The van der Waals surface area contributed by atoms with Crippen LogP contribution in [0, 0.1) is 0 Å². The molecule has 0 spiro atoms. The molecule has 26 heavy (non-hydrogen) atoms. The van der Waals surface area contributed by atoms with E-state index in [2.05, 4.69) is 15.0 Å². The lowest BCUT2D eigenvalue weighted by Crippen LogP contribution is -2.30. The van der Waals surface area contributed by atoms with Crippen LogP contribution in [0.5, 0.6) is 0 Å². The van der Waals surface area contributed by atoms with E-state index in [1.54, 1.807) is 36.5 Å². The van der Waals surface area contributed by atoms with E-state index < -0.39 is 0 Å². The molecule has 3 aromatic heterocycles. The van der Waals surface area contributed by atoms with Crippen LogP contribution in [-0.2, 0) is 25.1 Å². The van der Waals surface area contributed by atoms with Crippen LogP contribution in [0.1, 0.15) is 35.2 Å². The minimum absolute atomic E-state index is 0.153. The Morgan fingerprint density at radius 2 is 1.58 bits per heavy atom. The number of thioether (sulfide) groups is 1. The molecule has 0 bridgehead atoms. The normalized spacial score (nSPS) is 13.4. The molecular weight excluding hydrogens is 344 g/mol. The molecule has 0 unspecified atom stereocenters. The van der Waals surface area contributed by atoms with Gasteiger partial charge in [-0.15, -0.1) is 11.8 Å². The first-order valence-electron chi connectivity index (χ1n) is 8.84. The second-order valence-electron chi connectivity index (χ2n) is 6.42. The molecule has 1 aliphatic rings. The first kappa shape index (κ1) is 17.0. The van der Waals surface area contributed by atoms with Crippen LogP contribution in [0.4, 0.5) is 0 Å². The second-order valence-corrected chi connectivity index (χ2v) is 7.38. The zero-order chi connectivity index (χ0) is 17.8. The number of fused-ring (bicyclic) bond motifs is 1. The molecular formula is C20H20N4OS. The van der Waals surface area contributed by atoms with Crippen LogP contribution in [0.25, 0.3) is 0 Å². The van der Waals surface area contributed by atoms with E-state index in [-0.39, 0.29) is 5.69 Å². The summed E-state index contributed by atoms with van der Waals surface area (Å²) >= 11 is 1.66. The minimum Gasteiger partial charge on any atom is -0.292 e. The lowest BCUT2D eigenvalue weighted by Gasteiger charge is -2.22. The number of pyridine rings is 2. The molecule has 0 fully saturated rings. The minimum atomic E-state index is -0.153. The fraction of sp³-hybridized carbons (Fsp3) is 0.300. The lowest BCUT2D eigenvalue weighted by molar-refractivity contribution is 0.569. The standard InChI is InChI=1S/C20H20N4OS/c25-20-23-19(26-14-16-7-11-22-12-8-16)17-3-1-2-4-18(17)24(20)13-15-5-9-21-10-6-15/h5-12H,1-4,13-14H2. The zero-order valence-corrected chi connectivity index (χ0v) is 15.3. The molecule has 3 heterocycles. The summed E-state index contributed by atoms with van der Waals surface area (Å²) in [6, 6.07) is 7.91. The van der Waals surface area contributed by atoms with E-state index in [1.165, 1.54) is 11.1 Å². The van der Waals surface area contributed by atoms with Gasteiger partial charge in [0.15, 0.2) is 0 Å². The quantitative estimate of drug-likeness (QED) is 0.514. The van der Waals surface area contributed by atoms with E-state index in [9.17, 15) is 4.79 Å². The van der Waals surface area contributed by atoms with Gasteiger partial charge in [-0.3, -0.25) is 14.5 Å². The van der Waals surface area contributed by atoms with Gasteiger partial charge in [0.05, 0.1) is 6.54 Å². The fourth-order valence-corrected chi connectivity index (χ4v) is 4.36. The maximum atomic E-state index is 12.7. The van der Waals surface area contributed by atoms with E-state index in [0.29, 0.717) is 6.54 Å². The fourth-order valence-electron chi connectivity index (χ4n) is 3.33. The Morgan fingerprint density at radius 1 is 0.923 bits per heavy atom. The average Bonchev–Trinajstić information content (AvgIpc) is 2.70. The van der Waals surface area contributed by atoms with Crippen molar-refractivity contribution in [1.29, 1.82) is 0 Å². The van der Waals surface area contributed by atoms with Crippen molar-refractivity contribution in [3.8, 4) is 0 Å². The summed E-state index contributed by atoms with van der Waals surface area (Å²) in [5.74, 6) is 0.801. The van der Waals surface area contributed by atoms with Crippen LogP contribution in [-0.4, -0.2) is 19.5 Å². The van der Waals surface area contributed by atoms with Gasteiger partial charge < -0.3 is 0 Å². The number of hydrogen-bond donors (Lipinski definition) is 0. The molecule has 6 heteroatoms. The highest BCUT2D eigenvalue weighted by Gasteiger charge is 2.20. The summed E-state index contributed by atoms with van der Waals surface area (Å²) in [7, 11) is 0. The Hall–Kier alpha value is -2.47. The Kier molecular flexibility index (Phi) is 5.11. The maximum absolute atomic E-state index is 12.7. The number of hydrogen-bond acceptors (Lipinski definition) is 5. The average molecular weight is 364 g/mol. The molecule has 0 amide bonds. The summed E-state index contributed by atoms with van der Waals surface area (Å²) < 4.78 is 1.85. The molecule has 0 aromatic carbocycles. The summed E-state index contributed by atoms with van der Waals surface area (Å²) in [6.07, 6.45) is 11.3. The highest BCUT2D eigenvalue weighted by molar-refractivity contribution is 7.98. The summed E-state index contributed by atoms with van der Waals surface area (Å²) in [5.41, 5.74) is 4.53. The summed E-state index contributed by atoms with van der Waals surface area (Å²) in [5, 5.41) is 0.896. The van der Waals surface area contributed by atoms with Crippen LogP contribution in [0.2, 0.25) is 0 Å². The highest BCUT2D eigenvalue weighted by Crippen LogP contribution is 2.30. The third-order valence-corrected chi connectivity index (χ3v) is 5.75. The number of rotatable bonds is 5. The van der Waals surface area contributed by atoms with Crippen molar-refractivity contribution in [2.45, 2.75) is 43.0 Å². The third kappa shape index (κ3) is 3.70. The predicted molar refractivity (Wildman–Crippen MR) is 102 cm³/mol. The van der Waals surface area contributed by atoms with Gasteiger partial charge in [0, 0.05) is 41.8 Å². The van der Waals surface area contributed by atoms with Gasteiger partial charge in [0.1, 0.15) is 5.03 Å². The molecule has 132 valence electrons. The van der Waals surface area contributed by atoms with Crippen LogP contribution < -0.4 is 5.69 Å². The van der Waals surface area contributed by atoms with Crippen molar-refractivity contribution in [2.24, 2.45) is 0 Å². The first-order chi connectivity index (χ1) is 12.8. The molecule has 0 N–H and O–H groups in total. The largest absolute Gasteiger partial charge is 0.349 e. The molecule has 0 atom stereocenters. The Balaban J connectivity index is 1.66. The van der Waals surface area contributed by atoms with Gasteiger partial charge in [-0.2, -0.15) is 4.98 Å². The maximum Gasteiger partial charge on any atom is 0.349 e. The molecule has 0 radical (unpaired) electrons. The Morgan fingerprint density at radius 3 is 2.31 bits per heavy atom. The summed E-state index contributed by atoms with van der Waals surface area (Å²) in [6.45, 7) is 0.561. The van der Waals surface area contributed by atoms with E-state index in [0.717, 1.165) is 47.7 Å². The topological polar surface area (TPSA) is 60.7 Å². The number of nitrogens with zero attached hydrogens (tertiary/aromatic N) is 4. The molecule has 0 saturated heterocycles. The van der Waals surface area contributed by atoms with Crippen molar-refractivity contribution < 1.29 is 0 Å². The van der Waals surface area contributed by atoms with Gasteiger partial charge in [-0.25, -0.2) is 4.79 Å². The van der Waals surface area contributed by atoms with Gasteiger partial charge in [-0.05, 0) is 61.1 Å². The Bertz CT molecular complexity index is 941. The molecule has 0 saturated carbocycles. The highest BCUT2D eigenvalue weighted by atomic mass is 32.2. The van der Waals surface area contributed by atoms with Crippen LogP contribution in [0.3, 0.4) is 0 Å². The molecule has 0 aliphatic heterocycles. The van der Waals surface area contributed by atoms with E-state index >= 15 is 0 Å². The van der Waals surface area contributed by atoms with Gasteiger partial charge in [0.2, 0.25) is 0 Å². The second kappa shape index (κ2) is 7.83. The molecule has 4 rings (SSSR count). The monoisotopic (exact) mass is 364 g/mol. The predicted octanol–water partition coefficient (Wildman–Crippen LogP) is 3.25. The summed E-state index contributed by atoms with van der Waals surface area (Å²) in [4.78, 5) is 25.3. The van der Waals surface area contributed by atoms with E-state index in [1.807, 2.05) is 28.8 Å². The van der Waals surface area contributed by atoms with Gasteiger partial charge >= 0.3 is 5.69 Å². The van der Waals surface area contributed by atoms with Crippen LogP contribution in [0.15, 0.2) is 58.9 Å². The van der Waals surface area contributed by atoms with Crippen molar-refractivity contribution in [3.63, 3.8) is 0 Å². The zero-order valence-electron chi connectivity index (χ0n) is 14.5. The van der Waals surface area contributed by atoms with Crippen molar-refractivity contribution in [1.82, 2.24) is 19.5 Å². The molecule has 3 aromatic rings. The van der Waals surface area contributed by atoms with Crippen molar-refractivity contribution >= 4 is 11.8 Å². The Labute approximate surface area is 156 Å². The van der Waals surface area contributed by atoms with Gasteiger partial charge in [0.25, 0.3) is 0 Å². The SMILES string of the molecule is O=c1nc(SCc2ccncc2)c2c(n1Cc1ccncc1)CCCC2.